The number of carbonyl (C=O) groups is 1. The van der Waals surface area contributed by atoms with Crippen LogP contribution in [0.1, 0.15) is 64.3 Å². The van der Waals surface area contributed by atoms with Crippen LogP contribution >= 0.6 is 11.6 Å². The molecule has 1 amide bonds. The van der Waals surface area contributed by atoms with Gasteiger partial charge in [-0.05, 0) is 49.9 Å². The number of rotatable bonds is 7. The third-order valence-electron chi connectivity index (χ3n) is 5.11. The second-order valence-electron chi connectivity index (χ2n) is 6.90. The van der Waals surface area contributed by atoms with Crippen LogP contribution in [0.3, 0.4) is 0 Å². The number of hydrogen-bond donors (Lipinski definition) is 0. The molecule has 0 bridgehead atoms. The Kier molecular flexibility index (Phi) is 6.30. The van der Waals surface area contributed by atoms with Crippen molar-refractivity contribution in [2.75, 3.05) is 6.54 Å². The maximum atomic E-state index is 13.0. The highest BCUT2D eigenvalue weighted by molar-refractivity contribution is 6.30. The first kappa shape index (κ1) is 18.9. The molecule has 2 aromatic rings. The smallest absolute Gasteiger partial charge is 0.249 e. The Hall–Kier alpha value is -1.88. The van der Waals surface area contributed by atoms with Crippen LogP contribution < -0.4 is 0 Å². The fourth-order valence-electron chi connectivity index (χ4n) is 3.56. The van der Waals surface area contributed by atoms with E-state index in [1.807, 2.05) is 17.0 Å². The minimum Gasteiger partial charge on any atom is -0.337 e. The average Bonchev–Trinajstić information content (AvgIpc) is 3.32. The molecule has 0 spiro atoms. The molecular formula is C20H26ClN3O2. The number of carbonyl (C=O) groups excluding carboxylic acids is 1. The lowest BCUT2D eigenvalue weighted by Gasteiger charge is -2.26. The van der Waals surface area contributed by atoms with Gasteiger partial charge < -0.3 is 9.42 Å². The van der Waals surface area contributed by atoms with Crippen LogP contribution in [0.4, 0.5) is 0 Å². The molecule has 2 unspecified atom stereocenters. The molecule has 0 aliphatic carbocycles. The Bertz CT molecular complexity index is 729. The molecule has 1 aliphatic heterocycles. The van der Waals surface area contributed by atoms with E-state index in [1.54, 1.807) is 12.1 Å². The Labute approximate surface area is 159 Å². The van der Waals surface area contributed by atoms with Crippen molar-refractivity contribution in [3.8, 4) is 11.4 Å². The lowest BCUT2D eigenvalue weighted by atomic mass is 9.97. The summed E-state index contributed by atoms with van der Waals surface area (Å²) in [5, 5.41) is 4.77. The van der Waals surface area contributed by atoms with E-state index in [9.17, 15) is 4.79 Å². The molecule has 1 aromatic heterocycles. The van der Waals surface area contributed by atoms with Crippen LogP contribution in [0.2, 0.25) is 5.02 Å². The molecule has 1 saturated heterocycles. The number of unbranched alkanes of at least 4 members (excludes halogenated alkanes) is 1. The molecule has 1 aromatic carbocycles. The van der Waals surface area contributed by atoms with E-state index in [0.29, 0.717) is 16.7 Å². The maximum Gasteiger partial charge on any atom is 0.249 e. The van der Waals surface area contributed by atoms with E-state index >= 15 is 0 Å². The molecule has 0 radical (unpaired) electrons. The number of amides is 1. The van der Waals surface area contributed by atoms with Crippen molar-refractivity contribution >= 4 is 17.5 Å². The van der Waals surface area contributed by atoms with E-state index in [0.717, 1.165) is 50.6 Å². The molecule has 2 atom stereocenters. The van der Waals surface area contributed by atoms with Gasteiger partial charge >= 0.3 is 0 Å². The van der Waals surface area contributed by atoms with E-state index in [2.05, 4.69) is 24.0 Å². The first-order valence-corrected chi connectivity index (χ1v) is 9.91. The van der Waals surface area contributed by atoms with Crippen molar-refractivity contribution in [3.05, 3.63) is 35.2 Å². The molecule has 5 nitrogen and oxygen atoms in total. The quantitative estimate of drug-likeness (QED) is 0.661. The normalized spacial score (nSPS) is 18.3. The van der Waals surface area contributed by atoms with Gasteiger partial charge in [-0.3, -0.25) is 4.79 Å². The van der Waals surface area contributed by atoms with E-state index in [1.165, 1.54) is 0 Å². The van der Waals surface area contributed by atoms with Gasteiger partial charge in [0.25, 0.3) is 0 Å². The molecule has 26 heavy (non-hydrogen) atoms. The van der Waals surface area contributed by atoms with E-state index in [-0.39, 0.29) is 17.9 Å². The highest BCUT2D eigenvalue weighted by atomic mass is 35.5. The zero-order valence-electron chi connectivity index (χ0n) is 15.4. The standard InChI is InChI=1S/C20H26ClN3O2/c1-3-5-7-14(4-2)20(25)24-13-6-8-17(24)19-22-18(23-26-19)15-9-11-16(21)12-10-15/h9-12,14,17H,3-8,13H2,1-2H3. The number of benzene rings is 1. The highest BCUT2D eigenvalue weighted by Crippen LogP contribution is 2.34. The zero-order chi connectivity index (χ0) is 18.5. The van der Waals surface area contributed by atoms with Gasteiger partial charge in [0.15, 0.2) is 0 Å². The molecule has 6 heteroatoms. The van der Waals surface area contributed by atoms with Gasteiger partial charge in [0, 0.05) is 23.0 Å². The van der Waals surface area contributed by atoms with Crippen LogP contribution in [0.15, 0.2) is 28.8 Å². The number of aromatic nitrogens is 2. The average molecular weight is 376 g/mol. The first-order valence-electron chi connectivity index (χ1n) is 9.54. The molecule has 2 heterocycles. The van der Waals surface area contributed by atoms with Crippen LogP contribution in [-0.4, -0.2) is 27.5 Å². The first-order chi connectivity index (χ1) is 12.6. The van der Waals surface area contributed by atoms with Crippen molar-refractivity contribution in [2.45, 2.75) is 58.4 Å². The third-order valence-corrected chi connectivity index (χ3v) is 5.37. The lowest BCUT2D eigenvalue weighted by molar-refractivity contribution is -0.137. The molecule has 1 fully saturated rings. The maximum absolute atomic E-state index is 13.0. The Morgan fingerprint density at radius 2 is 2.12 bits per heavy atom. The summed E-state index contributed by atoms with van der Waals surface area (Å²) in [6.45, 7) is 5.02. The van der Waals surface area contributed by atoms with Crippen molar-refractivity contribution in [3.63, 3.8) is 0 Å². The van der Waals surface area contributed by atoms with Crippen LogP contribution in [0, 0.1) is 5.92 Å². The summed E-state index contributed by atoms with van der Waals surface area (Å²) in [6, 6.07) is 7.24. The molecular weight excluding hydrogens is 350 g/mol. The highest BCUT2D eigenvalue weighted by Gasteiger charge is 2.36. The number of likely N-dealkylation sites (tertiary alicyclic amines) is 1. The SMILES string of the molecule is CCCCC(CC)C(=O)N1CCCC1c1nc(-c2ccc(Cl)cc2)no1. The van der Waals surface area contributed by atoms with E-state index in [4.69, 9.17) is 16.1 Å². The summed E-state index contributed by atoms with van der Waals surface area (Å²) < 4.78 is 5.52. The van der Waals surface area contributed by atoms with Crippen molar-refractivity contribution in [1.82, 2.24) is 15.0 Å². The number of hydrogen-bond acceptors (Lipinski definition) is 4. The van der Waals surface area contributed by atoms with Gasteiger partial charge in [-0.2, -0.15) is 4.98 Å². The van der Waals surface area contributed by atoms with Gasteiger partial charge in [-0.15, -0.1) is 0 Å². The monoisotopic (exact) mass is 375 g/mol. The van der Waals surface area contributed by atoms with Crippen molar-refractivity contribution in [1.29, 1.82) is 0 Å². The Morgan fingerprint density at radius 3 is 2.81 bits per heavy atom. The van der Waals surface area contributed by atoms with Gasteiger partial charge in [-0.25, -0.2) is 0 Å². The minimum absolute atomic E-state index is 0.0919. The number of halogens is 1. The van der Waals surface area contributed by atoms with E-state index < -0.39 is 0 Å². The van der Waals surface area contributed by atoms with Gasteiger partial charge in [0.05, 0.1) is 0 Å². The topological polar surface area (TPSA) is 59.2 Å². The lowest BCUT2D eigenvalue weighted by Crippen LogP contribution is -2.35. The summed E-state index contributed by atoms with van der Waals surface area (Å²) in [6.07, 6.45) is 5.87. The second-order valence-corrected chi connectivity index (χ2v) is 7.34. The van der Waals surface area contributed by atoms with Gasteiger partial charge in [0.2, 0.25) is 17.6 Å². The summed E-state index contributed by atoms with van der Waals surface area (Å²) in [7, 11) is 0. The number of nitrogens with zero attached hydrogens (tertiary/aromatic N) is 3. The summed E-state index contributed by atoms with van der Waals surface area (Å²) in [5.74, 6) is 1.39. The van der Waals surface area contributed by atoms with Crippen LogP contribution in [0.25, 0.3) is 11.4 Å². The predicted molar refractivity (Wildman–Crippen MR) is 102 cm³/mol. The van der Waals surface area contributed by atoms with Crippen LogP contribution in [0.5, 0.6) is 0 Å². The summed E-state index contributed by atoms with van der Waals surface area (Å²) in [4.78, 5) is 19.5. The molecule has 140 valence electrons. The Balaban J connectivity index is 1.76. The minimum atomic E-state index is -0.105. The summed E-state index contributed by atoms with van der Waals surface area (Å²) in [5.41, 5.74) is 0.856. The summed E-state index contributed by atoms with van der Waals surface area (Å²) >= 11 is 5.93. The van der Waals surface area contributed by atoms with Crippen LogP contribution in [-0.2, 0) is 4.79 Å². The molecule has 0 saturated carbocycles. The van der Waals surface area contributed by atoms with Crippen molar-refractivity contribution < 1.29 is 9.32 Å². The fourth-order valence-corrected chi connectivity index (χ4v) is 3.69. The second kappa shape index (κ2) is 8.67. The molecule has 3 rings (SSSR count). The fraction of sp³-hybridized carbons (Fsp3) is 0.550. The van der Waals surface area contributed by atoms with Gasteiger partial charge in [0.1, 0.15) is 6.04 Å². The zero-order valence-corrected chi connectivity index (χ0v) is 16.2. The third kappa shape index (κ3) is 4.09. The molecule has 0 N–H and O–H groups in total. The van der Waals surface area contributed by atoms with Crippen molar-refractivity contribution in [2.24, 2.45) is 5.92 Å². The predicted octanol–water partition coefficient (Wildman–Crippen LogP) is 5.27. The Morgan fingerprint density at radius 1 is 1.35 bits per heavy atom. The van der Waals surface area contributed by atoms with Gasteiger partial charge in [-0.1, -0.05) is 43.4 Å². The molecule has 1 aliphatic rings. The largest absolute Gasteiger partial charge is 0.337 e.